The molecule has 0 unspecified atom stereocenters. The van der Waals surface area contributed by atoms with Crippen molar-refractivity contribution in [3.63, 3.8) is 0 Å². The van der Waals surface area contributed by atoms with Gasteiger partial charge in [-0.2, -0.15) is 4.31 Å². The van der Waals surface area contributed by atoms with Gasteiger partial charge in [-0.3, -0.25) is 0 Å². The van der Waals surface area contributed by atoms with Crippen molar-refractivity contribution in [2.24, 2.45) is 0 Å². The summed E-state index contributed by atoms with van der Waals surface area (Å²) in [5.74, 6) is -0.777. The zero-order valence-corrected chi connectivity index (χ0v) is 13.7. The van der Waals surface area contributed by atoms with Gasteiger partial charge in [0.15, 0.2) is 5.82 Å². The van der Waals surface area contributed by atoms with Gasteiger partial charge in [-0.25, -0.2) is 12.8 Å². The van der Waals surface area contributed by atoms with E-state index in [2.05, 4.69) is 15.9 Å². The van der Waals surface area contributed by atoms with E-state index in [0.29, 0.717) is 6.54 Å². The van der Waals surface area contributed by atoms with Crippen LogP contribution in [-0.4, -0.2) is 25.3 Å². The molecule has 0 spiro atoms. The molecule has 7 heteroatoms. The molecule has 0 heterocycles. The van der Waals surface area contributed by atoms with Crippen molar-refractivity contribution >= 4 is 31.6 Å². The first-order valence-electron chi connectivity index (χ1n) is 6.64. The van der Waals surface area contributed by atoms with E-state index in [1.165, 1.54) is 16.4 Å². The first kappa shape index (κ1) is 15.7. The molecule has 2 rings (SSSR count). The fourth-order valence-corrected chi connectivity index (χ4v) is 4.53. The molecule has 1 aliphatic rings. The molecule has 4 nitrogen and oxygen atoms in total. The van der Waals surface area contributed by atoms with Gasteiger partial charge < -0.3 is 5.73 Å². The van der Waals surface area contributed by atoms with E-state index < -0.39 is 15.8 Å². The SMILES string of the molecule is CCCCN(C1CC1)S(=O)(=O)c1cc(N)cc(Br)c1F. The second-order valence-electron chi connectivity index (χ2n) is 5.02. The molecule has 0 aliphatic heterocycles. The summed E-state index contributed by atoms with van der Waals surface area (Å²) in [5, 5.41) is 0. The molecule has 112 valence electrons. The fraction of sp³-hybridized carbons (Fsp3) is 0.538. The minimum Gasteiger partial charge on any atom is -0.399 e. The Bertz CT molecular complexity index is 603. The van der Waals surface area contributed by atoms with E-state index >= 15 is 0 Å². The molecule has 0 aromatic heterocycles. The van der Waals surface area contributed by atoms with Crippen LogP contribution < -0.4 is 5.73 Å². The van der Waals surface area contributed by atoms with Crippen molar-refractivity contribution in [3.05, 3.63) is 22.4 Å². The summed E-state index contributed by atoms with van der Waals surface area (Å²) >= 11 is 3.01. The van der Waals surface area contributed by atoms with Gasteiger partial charge in [0.1, 0.15) is 4.90 Å². The standard InChI is InChI=1S/C13H18BrFN2O2S/c1-2-3-6-17(10-4-5-10)20(18,19)12-8-9(16)7-11(14)13(12)15/h7-8,10H,2-6,16H2,1H3. The summed E-state index contributed by atoms with van der Waals surface area (Å²) in [6.45, 7) is 2.42. The predicted molar refractivity (Wildman–Crippen MR) is 80.3 cm³/mol. The van der Waals surface area contributed by atoms with Crippen LogP contribution in [0.4, 0.5) is 10.1 Å². The number of hydrogen-bond acceptors (Lipinski definition) is 3. The third kappa shape index (κ3) is 3.15. The molecule has 1 saturated carbocycles. The van der Waals surface area contributed by atoms with Crippen molar-refractivity contribution in [1.82, 2.24) is 4.31 Å². The minimum atomic E-state index is -3.84. The topological polar surface area (TPSA) is 63.4 Å². The molecule has 0 atom stereocenters. The molecule has 1 aliphatic carbocycles. The van der Waals surface area contributed by atoms with Crippen molar-refractivity contribution in [3.8, 4) is 0 Å². The average molecular weight is 365 g/mol. The lowest BCUT2D eigenvalue weighted by atomic mass is 10.3. The van der Waals surface area contributed by atoms with Crippen LogP contribution in [0.3, 0.4) is 0 Å². The molecule has 0 bridgehead atoms. The number of nitrogens with zero attached hydrogens (tertiary/aromatic N) is 1. The number of benzene rings is 1. The second-order valence-corrected chi connectivity index (χ2v) is 7.73. The van der Waals surface area contributed by atoms with Gasteiger partial charge in [0.25, 0.3) is 0 Å². The van der Waals surface area contributed by atoms with E-state index in [1.807, 2.05) is 6.92 Å². The number of anilines is 1. The summed E-state index contributed by atoms with van der Waals surface area (Å²) in [4.78, 5) is -0.340. The summed E-state index contributed by atoms with van der Waals surface area (Å²) < 4.78 is 40.9. The van der Waals surface area contributed by atoms with Gasteiger partial charge in [-0.05, 0) is 47.3 Å². The summed E-state index contributed by atoms with van der Waals surface area (Å²) in [7, 11) is -3.84. The van der Waals surface area contributed by atoms with E-state index in [4.69, 9.17) is 5.73 Å². The Morgan fingerprint density at radius 2 is 2.10 bits per heavy atom. The normalized spacial score (nSPS) is 15.8. The summed E-state index contributed by atoms with van der Waals surface area (Å²) in [5.41, 5.74) is 5.86. The van der Waals surface area contributed by atoms with Gasteiger partial charge >= 0.3 is 0 Å². The predicted octanol–water partition coefficient (Wildman–Crippen LogP) is 3.12. The zero-order valence-electron chi connectivity index (χ0n) is 11.3. The Morgan fingerprint density at radius 3 is 2.65 bits per heavy atom. The number of sulfonamides is 1. The molecule has 0 saturated heterocycles. The van der Waals surface area contributed by atoms with Crippen LogP contribution >= 0.6 is 15.9 Å². The van der Waals surface area contributed by atoms with Crippen LogP contribution in [0.1, 0.15) is 32.6 Å². The Balaban J connectivity index is 2.42. The van der Waals surface area contributed by atoms with Crippen LogP contribution in [0.2, 0.25) is 0 Å². The molecular formula is C13H18BrFN2O2S. The molecule has 20 heavy (non-hydrogen) atoms. The maximum absolute atomic E-state index is 14.1. The number of hydrogen-bond donors (Lipinski definition) is 1. The lowest BCUT2D eigenvalue weighted by molar-refractivity contribution is 0.392. The third-order valence-corrected chi connectivity index (χ3v) is 5.82. The fourth-order valence-electron chi connectivity index (χ4n) is 2.07. The first-order valence-corrected chi connectivity index (χ1v) is 8.87. The van der Waals surface area contributed by atoms with Crippen LogP contribution in [0.15, 0.2) is 21.5 Å². The Morgan fingerprint density at radius 1 is 1.45 bits per heavy atom. The second kappa shape index (κ2) is 5.99. The highest BCUT2D eigenvalue weighted by Crippen LogP contribution is 2.35. The molecule has 2 N–H and O–H groups in total. The Labute approximate surface area is 127 Å². The number of nitrogen functional groups attached to an aromatic ring is 1. The number of rotatable bonds is 6. The third-order valence-electron chi connectivity index (χ3n) is 3.29. The van der Waals surface area contributed by atoms with Crippen molar-refractivity contribution < 1.29 is 12.8 Å². The number of halogens is 2. The van der Waals surface area contributed by atoms with Crippen LogP contribution in [0.25, 0.3) is 0 Å². The van der Waals surface area contributed by atoms with Crippen molar-refractivity contribution in [2.45, 2.75) is 43.5 Å². The molecule has 1 aromatic rings. The number of unbranched alkanes of at least 4 members (excludes halogenated alkanes) is 1. The van der Waals surface area contributed by atoms with Gasteiger partial charge in [-0.1, -0.05) is 13.3 Å². The monoisotopic (exact) mass is 364 g/mol. The van der Waals surface area contributed by atoms with E-state index in [-0.39, 0.29) is 21.1 Å². The zero-order chi connectivity index (χ0) is 14.9. The van der Waals surface area contributed by atoms with Crippen molar-refractivity contribution in [1.29, 1.82) is 0 Å². The van der Waals surface area contributed by atoms with Crippen LogP contribution in [-0.2, 0) is 10.0 Å². The maximum atomic E-state index is 14.1. The van der Waals surface area contributed by atoms with E-state index in [0.717, 1.165) is 25.7 Å². The quantitative estimate of drug-likeness (QED) is 0.788. The smallest absolute Gasteiger partial charge is 0.246 e. The van der Waals surface area contributed by atoms with Gasteiger partial charge in [0.2, 0.25) is 10.0 Å². The highest BCUT2D eigenvalue weighted by molar-refractivity contribution is 9.10. The highest BCUT2D eigenvalue weighted by Gasteiger charge is 2.39. The van der Waals surface area contributed by atoms with Gasteiger partial charge in [0, 0.05) is 18.3 Å². The Kier molecular flexibility index (Phi) is 4.71. The Hall–Kier alpha value is -0.660. The highest BCUT2D eigenvalue weighted by atomic mass is 79.9. The summed E-state index contributed by atoms with van der Waals surface area (Å²) in [6.07, 6.45) is 3.34. The molecular weight excluding hydrogens is 347 g/mol. The molecule has 0 amide bonds. The minimum absolute atomic E-state index is 0.00570. The van der Waals surface area contributed by atoms with Crippen LogP contribution in [0.5, 0.6) is 0 Å². The first-order chi connectivity index (χ1) is 9.37. The van der Waals surface area contributed by atoms with Gasteiger partial charge in [0.05, 0.1) is 4.47 Å². The molecule has 1 fully saturated rings. The van der Waals surface area contributed by atoms with Gasteiger partial charge in [-0.15, -0.1) is 0 Å². The lowest BCUT2D eigenvalue weighted by Crippen LogP contribution is -2.34. The lowest BCUT2D eigenvalue weighted by Gasteiger charge is -2.22. The van der Waals surface area contributed by atoms with E-state index in [1.54, 1.807) is 0 Å². The summed E-state index contributed by atoms with van der Waals surface area (Å²) in [6, 6.07) is 2.56. The van der Waals surface area contributed by atoms with Crippen LogP contribution in [0, 0.1) is 5.82 Å². The largest absolute Gasteiger partial charge is 0.399 e. The maximum Gasteiger partial charge on any atom is 0.246 e. The van der Waals surface area contributed by atoms with E-state index in [9.17, 15) is 12.8 Å². The molecule has 1 aromatic carbocycles. The van der Waals surface area contributed by atoms with Crippen molar-refractivity contribution in [2.75, 3.05) is 12.3 Å². The average Bonchev–Trinajstić information content (AvgIpc) is 3.18. The molecule has 0 radical (unpaired) electrons. The number of nitrogens with two attached hydrogens (primary N) is 1.